The van der Waals surface area contributed by atoms with Gasteiger partial charge in [-0.3, -0.25) is 4.98 Å². The van der Waals surface area contributed by atoms with Crippen LogP contribution in [0.1, 0.15) is 23.2 Å². The topological polar surface area (TPSA) is 73.7 Å². The van der Waals surface area contributed by atoms with E-state index in [0.29, 0.717) is 31.6 Å². The molecule has 0 saturated carbocycles. The summed E-state index contributed by atoms with van der Waals surface area (Å²) in [6, 6.07) is 1.50. The minimum Gasteiger partial charge on any atom is -0.478 e. The molecule has 0 unspecified atom stereocenters. The molecule has 0 spiro atoms. The maximum absolute atomic E-state index is 11.0. The van der Waals surface area contributed by atoms with Gasteiger partial charge in [0.15, 0.2) is 0 Å². The number of carboxylic acids is 1. The van der Waals surface area contributed by atoms with Gasteiger partial charge in [0, 0.05) is 19.3 Å². The Labute approximate surface area is 93.3 Å². The third kappa shape index (κ3) is 2.14. The van der Waals surface area contributed by atoms with E-state index in [1.807, 2.05) is 4.90 Å². The van der Waals surface area contributed by atoms with Crippen molar-refractivity contribution in [3.05, 3.63) is 24.0 Å². The molecule has 1 saturated heterocycles. The lowest BCUT2D eigenvalue weighted by Gasteiger charge is -2.31. The molecule has 5 nitrogen and oxygen atoms in total. The summed E-state index contributed by atoms with van der Waals surface area (Å²) >= 11 is 0. The number of carboxylic acid groups (broad SMARTS) is 1. The number of hydrogen-bond acceptors (Lipinski definition) is 4. The van der Waals surface area contributed by atoms with Crippen molar-refractivity contribution in [3.8, 4) is 0 Å². The zero-order chi connectivity index (χ0) is 11.5. The maximum atomic E-state index is 11.0. The average Bonchev–Trinajstić information content (AvgIpc) is 2.30. The Balaban J connectivity index is 2.23. The van der Waals surface area contributed by atoms with Crippen LogP contribution < -0.4 is 4.90 Å². The first-order valence-electron chi connectivity index (χ1n) is 5.29. The average molecular weight is 222 g/mol. The Morgan fingerprint density at radius 3 is 2.75 bits per heavy atom. The van der Waals surface area contributed by atoms with Crippen LogP contribution >= 0.6 is 0 Å². The molecule has 0 amide bonds. The number of aliphatic hydroxyl groups is 1. The molecule has 1 aliphatic heterocycles. The lowest BCUT2D eigenvalue weighted by molar-refractivity contribution is 0.0697. The predicted octanol–water partition coefficient (Wildman–Crippen LogP) is 0.741. The summed E-state index contributed by atoms with van der Waals surface area (Å²) in [5.74, 6) is -0.941. The number of pyridine rings is 1. The number of aliphatic hydroxyl groups excluding tert-OH is 1. The highest BCUT2D eigenvalue weighted by Gasteiger charge is 2.21. The summed E-state index contributed by atoms with van der Waals surface area (Å²) in [7, 11) is 0. The van der Waals surface area contributed by atoms with Gasteiger partial charge in [-0.2, -0.15) is 0 Å². The Morgan fingerprint density at radius 2 is 2.12 bits per heavy atom. The Bertz CT molecular complexity index is 387. The molecule has 1 fully saturated rings. The number of hydrogen-bond donors (Lipinski definition) is 2. The van der Waals surface area contributed by atoms with Crippen LogP contribution in [-0.2, 0) is 0 Å². The summed E-state index contributed by atoms with van der Waals surface area (Å²) in [5, 5.41) is 18.4. The van der Waals surface area contributed by atoms with Crippen LogP contribution in [0.4, 0.5) is 5.69 Å². The highest BCUT2D eigenvalue weighted by atomic mass is 16.4. The molecular weight excluding hydrogens is 208 g/mol. The molecule has 1 aliphatic rings. The van der Waals surface area contributed by atoms with E-state index in [-0.39, 0.29) is 11.7 Å². The van der Waals surface area contributed by atoms with Crippen molar-refractivity contribution >= 4 is 11.7 Å². The molecule has 2 N–H and O–H groups in total. The fourth-order valence-electron chi connectivity index (χ4n) is 1.93. The number of carbonyl (C=O) groups is 1. The fourth-order valence-corrected chi connectivity index (χ4v) is 1.93. The van der Waals surface area contributed by atoms with Crippen LogP contribution in [-0.4, -0.2) is 40.4 Å². The van der Waals surface area contributed by atoms with Gasteiger partial charge in [-0.25, -0.2) is 4.79 Å². The van der Waals surface area contributed by atoms with Gasteiger partial charge in [-0.05, 0) is 18.9 Å². The molecule has 1 aromatic rings. The monoisotopic (exact) mass is 222 g/mol. The summed E-state index contributed by atoms with van der Waals surface area (Å²) in [4.78, 5) is 16.9. The lowest BCUT2D eigenvalue weighted by Crippen LogP contribution is -2.36. The van der Waals surface area contributed by atoms with Gasteiger partial charge in [-0.15, -0.1) is 0 Å². The second kappa shape index (κ2) is 4.49. The van der Waals surface area contributed by atoms with E-state index in [2.05, 4.69) is 4.98 Å². The summed E-state index contributed by atoms with van der Waals surface area (Å²) < 4.78 is 0. The van der Waals surface area contributed by atoms with Crippen molar-refractivity contribution in [2.75, 3.05) is 18.0 Å². The molecule has 5 heteroatoms. The van der Waals surface area contributed by atoms with Crippen molar-refractivity contribution in [2.24, 2.45) is 0 Å². The number of piperidine rings is 1. The molecule has 0 radical (unpaired) electrons. The SMILES string of the molecule is O=C(O)c1ccncc1N1CCC(O)CC1. The highest BCUT2D eigenvalue weighted by Crippen LogP contribution is 2.23. The predicted molar refractivity (Wildman–Crippen MR) is 58.7 cm³/mol. The zero-order valence-electron chi connectivity index (χ0n) is 8.83. The van der Waals surface area contributed by atoms with Crippen LogP contribution in [0.2, 0.25) is 0 Å². The number of aromatic carboxylic acids is 1. The van der Waals surface area contributed by atoms with Crippen LogP contribution in [0.25, 0.3) is 0 Å². The Kier molecular flexibility index (Phi) is 3.05. The standard InChI is InChI=1S/C11H14N2O3/c14-8-2-5-13(6-3-8)10-7-12-4-1-9(10)11(15)16/h1,4,7-8,14H,2-3,5-6H2,(H,15,16). The Morgan fingerprint density at radius 1 is 1.44 bits per heavy atom. The minimum atomic E-state index is -0.941. The highest BCUT2D eigenvalue weighted by molar-refractivity contribution is 5.94. The van der Waals surface area contributed by atoms with Gasteiger partial charge in [0.1, 0.15) is 0 Å². The van der Waals surface area contributed by atoms with E-state index in [1.165, 1.54) is 12.3 Å². The van der Waals surface area contributed by atoms with Crippen molar-refractivity contribution in [1.29, 1.82) is 0 Å². The molecular formula is C11H14N2O3. The lowest BCUT2D eigenvalue weighted by atomic mass is 10.1. The van der Waals surface area contributed by atoms with Gasteiger partial charge >= 0.3 is 5.97 Å². The first-order chi connectivity index (χ1) is 7.68. The largest absolute Gasteiger partial charge is 0.478 e. The van der Waals surface area contributed by atoms with Crippen LogP contribution in [0.3, 0.4) is 0 Å². The maximum Gasteiger partial charge on any atom is 0.337 e. The second-order valence-corrected chi connectivity index (χ2v) is 3.92. The van der Waals surface area contributed by atoms with Gasteiger partial charge in [0.25, 0.3) is 0 Å². The number of anilines is 1. The molecule has 86 valence electrons. The summed E-state index contributed by atoms with van der Waals surface area (Å²) in [6.45, 7) is 1.35. The van der Waals surface area contributed by atoms with Gasteiger partial charge < -0.3 is 15.1 Å². The van der Waals surface area contributed by atoms with E-state index in [9.17, 15) is 9.90 Å². The molecule has 0 atom stereocenters. The molecule has 0 aliphatic carbocycles. The summed E-state index contributed by atoms with van der Waals surface area (Å²) in [5.41, 5.74) is 0.910. The van der Waals surface area contributed by atoms with Crippen LogP contribution in [0, 0.1) is 0 Å². The van der Waals surface area contributed by atoms with Gasteiger partial charge in [0.2, 0.25) is 0 Å². The van der Waals surface area contributed by atoms with E-state index >= 15 is 0 Å². The molecule has 2 heterocycles. The third-order valence-electron chi connectivity index (χ3n) is 2.84. The first kappa shape index (κ1) is 10.9. The third-order valence-corrected chi connectivity index (χ3v) is 2.84. The Hall–Kier alpha value is -1.62. The molecule has 2 rings (SSSR count). The van der Waals surface area contributed by atoms with Crippen molar-refractivity contribution in [2.45, 2.75) is 18.9 Å². The van der Waals surface area contributed by atoms with E-state index < -0.39 is 5.97 Å². The van der Waals surface area contributed by atoms with Crippen molar-refractivity contribution < 1.29 is 15.0 Å². The van der Waals surface area contributed by atoms with Crippen molar-refractivity contribution in [1.82, 2.24) is 4.98 Å². The molecule has 1 aromatic heterocycles. The molecule has 0 aromatic carbocycles. The first-order valence-corrected chi connectivity index (χ1v) is 5.29. The quantitative estimate of drug-likeness (QED) is 0.772. The smallest absolute Gasteiger partial charge is 0.337 e. The molecule has 16 heavy (non-hydrogen) atoms. The van der Waals surface area contributed by atoms with E-state index in [1.54, 1.807) is 6.20 Å². The molecule has 0 bridgehead atoms. The van der Waals surface area contributed by atoms with E-state index in [4.69, 9.17) is 5.11 Å². The normalized spacial score (nSPS) is 17.4. The minimum absolute atomic E-state index is 0.263. The number of aromatic nitrogens is 1. The number of nitrogens with zero attached hydrogens (tertiary/aromatic N) is 2. The van der Waals surface area contributed by atoms with Crippen molar-refractivity contribution in [3.63, 3.8) is 0 Å². The van der Waals surface area contributed by atoms with Gasteiger partial charge in [0.05, 0.1) is 23.6 Å². The number of rotatable bonds is 2. The van der Waals surface area contributed by atoms with Crippen LogP contribution in [0.15, 0.2) is 18.5 Å². The second-order valence-electron chi connectivity index (χ2n) is 3.92. The summed E-state index contributed by atoms with van der Waals surface area (Å²) in [6.07, 6.45) is 4.13. The van der Waals surface area contributed by atoms with E-state index in [0.717, 1.165) is 0 Å². The van der Waals surface area contributed by atoms with Gasteiger partial charge in [-0.1, -0.05) is 0 Å². The van der Waals surface area contributed by atoms with Crippen LogP contribution in [0.5, 0.6) is 0 Å². The zero-order valence-corrected chi connectivity index (χ0v) is 8.83. The fraction of sp³-hybridized carbons (Fsp3) is 0.455.